The van der Waals surface area contributed by atoms with Crippen LogP contribution in [0.25, 0.3) is 0 Å². The molecule has 0 amide bonds. The van der Waals surface area contributed by atoms with Crippen molar-refractivity contribution in [2.75, 3.05) is 75.2 Å². The molecule has 176 valence electrons. The third-order valence-electron chi connectivity index (χ3n) is 4.90. The molecule has 1 aromatic carbocycles. The van der Waals surface area contributed by atoms with Crippen LogP contribution in [-0.2, 0) is 20.8 Å². The summed E-state index contributed by atoms with van der Waals surface area (Å²) in [5, 5.41) is 6.53. The molecule has 2 heterocycles. The second-order valence-electron chi connectivity index (χ2n) is 7.58. The molecule has 1 fully saturated rings. The first-order valence-electron chi connectivity index (χ1n) is 11.2. The Kier molecular flexibility index (Phi) is 10.4. The maximum absolute atomic E-state index is 5.70. The van der Waals surface area contributed by atoms with Crippen molar-refractivity contribution < 1.29 is 14.2 Å². The van der Waals surface area contributed by atoms with E-state index in [9.17, 15) is 0 Å². The van der Waals surface area contributed by atoms with Crippen molar-refractivity contribution in [1.82, 2.24) is 15.0 Å². The van der Waals surface area contributed by atoms with Gasteiger partial charge < -0.3 is 35.5 Å². The highest BCUT2D eigenvalue weighted by Gasteiger charge is 2.17. The average Bonchev–Trinajstić information content (AvgIpc) is 3.34. The second-order valence-corrected chi connectivity index (χ2v) is 7.58. The molecule has 10 nitrogen and oxygen atoms in total. The van der Waals surface area contributed by atoms with Crippen molar-refractivity contribution >= 4 is 17.8 Å². The first kappa shape index (κ1) is 24.1. The normalized spacial score (nSPS) is 15.6. The summed E-state index contributed by atoms with van der Waals surface area (Å²) in [5.74, 6) is 1.63. The molecule has 10 heteroatoms. The van der Waals surface area contributed by atoms with Crippen molar-refractivity contribution in [3.8, 4) is 0 Å². The number of rotatable bonds is 15. The third kappa shape index (κ3) is 8.54. The van der Waals surface area contributed by atoms with Crippen LogP contribution in [0.15, 0.2) is 30.3 Å². The fourth-order valence-corrected chi connectivity index (χ4v) is 3.27. The van der Waals surface area contributed by atoms with Gasteiger partial charge in [-0.2, -0.15) is 15.0 Å². The van der Waals surface area contributed by atoms with Gasteiger partial charge in [0.2, 0.25) is 17.8 Å². The highest BCUT2D eigenvalue weighted by atomic mass is 16.5. The van der Waals surface area contributed by atoms with E-state index in [1.165, 1.54) is 5.56 Å². The largest absolute Gasteiger partial charge is 0.378 e. The minimum atomic E-state index is 0.198. The maximum Gasteiger partial charge on any atom is 0.231 e. The summed E-state index contributed by atoms with van der Waals surface area (Å²) in [6.07, 6.45) is 2.35. The van der Waals surface area contributed by atoms with E-state index in [4.69, 9.17) is 19.9 Å². The van der Waals surface area contributed by atoms with Crippen molar-refractivity contribution in [3.63, 3.8) is 0 Å². The van der Waals surface area contributed by atoms with Gasteiger partial charge in [-0.15, -0.1) is 0 Å². The van der Waals surface area contributed by atoms with Crippen molar-refractivity contribution in [3.05, 3.63) is 35.9 Å². The predicted molar refractivity (Wildman–Crippen MR) is 125 cm³/mol. The van der Waals surface area contributed by atoms with Crippen molar-refractivity contribution in [2.24, 2.45) is 5.73 Å². The summed E-state index contributed by atoms with van der Waals surface area (Å²) < 4.78 is 16.6. The minimum absolute atomic E-state index is 0.198. The molecule has 1 aliphatic heterocycles. The third-order valence-corrected chi connectivity index (χ3v) is 4.90. The topological polar surface area (TPSA) is 120 Å². The quantitative estimate of drug-likeness (QED) is 0.348. The number of hydrogen-bond acceptors (Lipinski definition) is 10. The van der Waals surface area contributed by atoms with Gasteiger partial charge in [0, 0.05) is 39.8 Å². The van der Waals surface area contributed by atoms with Crippen LogP contribution in [-0.4, -0.2) is 80.8 Å². The fraction of sp³-hybridized carbons (Fsp3) is 0.591. The lowest BCUT2D eigenvalue weighted by molar-refractivity contribution is 0.0547. The minimum Gasteiger partial charge on any atom is -0.378 e. The van der Waals surface area contributed by atoms with Gasteiger partial charge in [-0.25, -0.2) is 0 Å². The zero-order chi connectivity index (χ0) is 22.4. The Morgan fingerprint density at radius 3 is 2.50 bits per heavy atom. The lowest BCUT2D eigenvalue weighted by atomic mass is 10.2. The van der Waals surface area contributed by atoms with E-state index in [1.807, 2.05) is 30.1 Å². The summed E-state index contributed by atoms with van der Waals surface area (Å²) in [7, 11) is 1.97. The Bertz CT molecular complexity index is 775. The molecule has 1 atom stereocenters. The van der Waals surface area contributed by atoms with Gasteiger partial charge >= 0.3 is 0 Å². The van der Waals surface area contributed by atoms with E-state index in [1.54, 1.807) is 0 Å². The molecule has 0 radical (unpaired) electrons. The molecular weight excluding hydrogens is 410 g/mol. The summed E-state index contributed by atoms with van der Waals surface area (Å²) in [6.45, 7) is 5.42. The van der Waals surface area contributed by atoms with Crippen LogP contribution in [0.2, 0.25) is 0 Å². The standard InChI is InChI=1S/C22H35N7O3/c1-29(17-18-6-3-2-4-7-18)22-27-20(24-10-13-31-15-14-30-12-9-23)26-21(28-22)25-16-19-8-5-11-32-19/h2-4,6-7,19H,5,8-17,23H2,1H3,(H2,24,25,26,27,28). The van der Waals surface area contributed by atoms with Crippen molar-refractivity contribution in [2.45, 2.75) is 25.5 Å². The molecule has 4 N–H and O–H groups in total. The van der Waals surface area contributed by atoms with E-state index in [0.29, 0.717) is 70.5 Å². The maximum atomic E-state index is 5.70. The number of anilines is 3. The Balaban J connectivity index is 1.56. The van der Waals surface area contributed by atoms with Gasteiger partial charge in [0.1, 0.15) is 0 Å². The lowest BCUT2D eigenvalue weighted by Crippen LogP contribution is -2.24. The van der Waals surface area contributed by atoms with E-state index in [2.05, 4.69) is 37.7 Å². The Morgan fingerprint density at radius 1 is 1.03 bits per heavy atom. The number of nitrogens with zero attached hydrogens (tertiary/aromatic N) is 4. The summed E-state index contributed by atoms with van der Waals surface area (Å²) in [6, 6.07) is 10.2. The summed E-state index contributed by atoms with van der Waals surface area (Å²) >= 11 is 0. The van der Waals surface area contributed by atoms with Crippen LogP contribution in [0.1, 0.15) is 18.4 Å². The van der Waals surface area contributed by atoms with Crippen LogP contribution in [0.3, 0.4) is 0 Å². The molecule has 1 aliphatic rings. The van der Waals surface area contributed by atoms with Crippen LogP contribution in [0.5, 0.6) is 0 Å². The fourth-order valence-electron chi connectivity index (χ4n) is 3.27. The molecule has 3 rings (SSSR count). The highest BCUT2D eigenvalue weighted by molar-refractivity contribution is 5.44. The number of benzene rings is 1. The Morgan fingerprint density at radius 2 is 1.78 bits per heavy atom. The zero-order valence-corrected chi connectivity index (χ0v) is 18.8. The smallest absolute Gasteiger partial charge is 0.231 e. The second kappa shape index (κ2) is 13.8. The Hall–Kier alpha value is -2.53. The SMILES string of the molecule is CN(Cc1ccccc1)c1nc(NCCOCCOCCN)nc(NCC2CCCO2)n1. The molecule has 1 aromatic heterocycles. The van der Waals surface area contributed by atoms with Crippen LogP contribution in [0.4, 0.5) is 17.8 Å². The number of nitrogens with two attached hydrogens (primary N) is 1. The van der Waals surface area contributed by atoms with Crippen molar-refractivity contribution in [1.29, 1.82) is 0 Å². The van der Waals surface area contributed by atoms with Gasteiger partial charge in [-0.1, -0.05) is 30.3 Å². The molecule has 1 unspecified atom stereocenters. The number of ether oxygens (including phenoxy) is 3. The average molecular weight is 446 g/mol. The van der Waals surface area contributed by atoms with Gasteiger partial charge in [-0.3, -0.25) is 0 Å². The first-order chi connectivity index (χ1) is 15.7. The number of nitrogens with one attached hydrogen (secondary N) is 2. The van der Waals surface area contributed by atoms with Crippen LogP contribution >= 0.6 is 0 Å². The first-order valence-corrected chi connectivity index (χ1v) is 11.2. The summed E-state index contributed by atoms with van der Waals surface area (Å²) in [4.78, 5) is 15.7. The van der Waals surface area contributed by atoms with Gasteiger partial charge in [0.25, 0.3) is 0 Å². The zero-order valence-electron chi connectivity index (χ0n) is 18.8. The molecule has 0 aliphatic carbocycles. The predicted octanol–water partition coefficient (Wildman–Crippen LogP) is 1.50. The number of aromatic nitrogens is 3. The van der Waals surface area contributed by atoms with E-state index < -0.39 is 0 Å². The highest BCUT2D eigenvalue weighted by Crippen LogP contribution is 2.17. The molecular formula is C22H35N7O3. The van der Waals surface area contributed by atoms with Gasteiger partial charge in [0.15, 0.2) is 0 Å². The van der Waals surface area contributed by atoms with Crippen LogP contribution < -0.4 is 21.3 Å². The van der Waals surface area contributed by atoms with E-state index in [0.717, 1.165) is 19.4 Å². The van der Waals surface area contributed by atoms with Gasteiger partial charge in [0.05, 0.1) is 32.5 Å². The molecule has 0 saturated carbocycles. The van der Waals surface area contributed by atoms with Gasteiger partial charge in [-0.05, 0) is 18.4 Å². The molecule has 0 spiro atoms. The molecule has 0 bridgehead atoms. The lowest BCUT2D eigenvalue weighted by Gasteiger charge is -2.19. The molecule has 2 aromatic rings. The number of hydrogen-bond donors (Lipinski definition) is 3. The Labute approximate surface area is 189 Å². The van der Waals surface area contributed by atoms with E-state index >= 15 is 0 Å². The monoisotopic (exact) mass is 445 g/mol. The summed E-state index contributed by atoms with van der Waals surface area (Å²) in [5.41, 5.74) is 6.57. The van der Waals surface area contributed by atoms with E-state index in [-0.39, 0.29) is 6.10 Å². The van der Waals surface area contributed by atoms with Crippen LogP contribution in [0, 0.1) is 0 Å². The molecule has 1 saturated heterocycles. The molecule has 32 heavy (non-hydrogen) atoms.